The van der Waals surface area contributed by atoms with Gasteiger partial charge in [0.2, 0.25) is 0 Å². The summed E-state index contributed by atoms with van der Waals surface area (Å²) in [5.41, 5.74) is 4.62. The van der Waals surface area contributed by atoms with Crippen LogP contribution in [0.25, 0.3) is 0 Å². The Morgan fingerprint density at radius 3 is 2.71 bits per heavy atom. The zero-order valence-electron chi connectivity index (χ0n) is 13.3. The molecule has 1 aromatic heterocycles. The Kier molecular flexibility index (Phi) is 5.34. The second kappa shape index (κ2) is 7.23. The van der Waals surface area contributed by atoms with Gasteiger partial charge in [-0.05, 0) is 44.5 Å². The normalized spacial score (nSPS) is 12.2. The molecule has 0 saturated heterocycles. The van der Waals surface area contributed by atoms with Gasteiger partial charge >= 0.3 is 0 Å². The summed E-state index contributed by atoms with van der Waals surface area (Å²) in [4.78, 5) is 4.59. The molecule has 1 aromatic carbocycles. The second-order valence-corrected chi connectivity index (χ2v) is 5.34. The molecule has 2 aromatic rings. The monoisotopic (exact) mass is 284 g/mol. The van der Waals surface area contributed by atoms with Gasteiger partial charge in [0.25, 0.3) is 0 Å². The molecule has 1 unspecified atom stereocenters. The van der Waals surface area contributed by atoms with Crippen molar-refractivity contribution in [2.45, 2.75) is 33.2 Å². The van der Waals surface area contributed by atoms with E-state index in [9.17, 15) is 0 Å². The fraction of sp³-hybridized carbons (Fsp3) is 0.389. The molecule has 1 atom stereocenters. The van der Waals surface area contributed by atoms with Gasteiger partial charge in [0, 0.05) is 11.8 Å². The maximum absolute atomic E-state index is 5.55. The van der Waals surface area contributed by atoms with Crippen molar-refractivity contribution in [3.8, 4) is 5.75 Å². The average Bonchev–Trinajstić information content (AvgIpc) is 2.49. The number of nitrogens with one attached hydrogen (secondary N) is 1. The first-order chi connectivity index (χ1) is 10.2. The van der Waals surface area contributed by atoms with Gasteiger partial charge < -0.3 is 10.1 Å². The molecule has 21 heavy (non-hydrogen) atoms. The molecule has 2 rings (SSSR count). The van der Waals surface area contributed by atoms with Gasteiger partial charge in [-0.25, -0.2) is 0 Å². The van der Waals surface area contributed by atoms with Crippen molar-refractivity contribution in [3.05, 3.63) is 58.9 Å². The van der Waals surface area contributed by atoms with E-state index in [0.717, 1.165) is 30.0 Å². The summed E-state index contributed by atoms with van der Waals surface area (Å²) in [5.74, 6) is 0.902. The lowest BCUT2D eigenvalue weighted by Crippen LogP contribution is -2.25. The number of nitrogens with zero attached hydrogens (tertiary/aromatic N) is 1. The van der Waals surface area contributed by atoms with Gasteiger partial charge in [0.1, 0.15) is 5.75 Å². The maximum Gasteiger partial charge on any atom is 0.124 e. The van der Waals surface area contributed by atoms with Crippen LogP contribution in [0.2, 0.25) is 0 Å². The molecular formula is C18H24N2O. The van der Waals surface area contributed by atoms with E-state index in [1.807, 2.05) is 18.3 Å². The predicted molar refractivity (Wildman–Crippen MR) is 86.8 cm³/mol. The summed E-state index contributed by atoms with van der Waals surface area (Å²) in [6, 6.07) is 10.4. The van der Waals surface area contributed by atoms with Crippen LogP contribution in [-0.2, 0) is 0 Å². The van der Waals surface area contributed by atoms with Crippen molar-refractivity contribution in [1.82, 2.24) is 10.3 Å². The van der Waals surface area contributed by atoms with Crippen molar-refractivity contribution >= 4 is 0 Å². The van der Waals surface area contributed by atoms with Gasteiger partial charge in [-0.1, -0.05) is 30.7 Å². The second-order valence-electron chi connectivity index (χ2n) is 5.34. The van der Waals surface area contributed by atoms with E-state index in [1.165, 1.54) is 11.1 Å². The topological polar surface area (TPSA) is 34.1 Å². The van der Waals surface area contributed by atoms with Crippen LogP contribution < -0.4 is 10.1 Å². The molecule has 0 fully saturated rings. The lowest BCUT2D eigenvalue weighted by atomic mass is 9.97. The Labute approximate surface area is 127 Å². The summed E-state index contributed by atoms with van der Waals surface area (Å²) in [6.45, 7) is 7.32. The van der Waals surface area contributed by atoms with Crippen molar-refractivity contribution in [2.75, 3.05) is 13.7 Å². The molecule has 0 bridgehead atoms. The number of methoxy groups -OCH3 is 1. The van der Waals surface area contributed by atoms with E-state index < -0.39 is 0 Å². The van der Waals surface area contributed by atoms with Crippen molar-refractivity contribution in [1.29, 1.82) is 0 Å². The van der Waals surface area contributed by atoms with Crippen LogP contribution in [0.4, 0.5) is 0 Å². The summed E-state index contributed by atoms with van der Waals surface area (Å²) < 4.78 is 5.55. The van der Waals surface area contributed by atoms with E-state index in [4.69, 9.17) is 4.74 Å². The Balaban J connectivity index is 2.50. The number of pyridine rings is 1. The Bertz CT molecular complexity index is 596. The average molecular weight is 284 g/mol. The molecule has 1 heterocycles. The minimum absolute atomic E-state index is 0.0565. The molecule has 1 N–H and O–H groups in total. The van der Waals surface area contributed by atoms with Crippen molar-refractivity contribution in [3.63, 3.8) is 0 Å². The van der Waals surface area contributed by atoms with Crippen LogP contribution in [0, 0.1) is 13.8 Å². The first kappa shape index (κ1) is 15.5. The number of hydrogen-bond donors (Lipinski definition) is 1. The summed E-state index contributed by atoms with van der Waals surface area (Å²) in [5, 5.41) is 3.60. The number of aryl methyl sites for hydroxylation is 2. The largest absolute Gasteiger partial charge is 0.496 e. The number of rotatable bonds is 6. The van der Waals surface area contributed by atoms with Crippen LogP contribution in [0.15, 0.2) is 36.5 Å². The third kappa shape index (κ3) is 3.61. The molecule has 0 spiro atoms. The van der Waals surface area contributed by atoms with E-state index in [0.29, 0.717) is 0 Å². The third-order valence-corrected chi connectivity index (χ3v) is 3.62. The number of hydrogen-bond acceptors (Lipinski definition) is 3. The lowest BCUT2D eigenvalue weighted by molar-refractivity contribution is 0.403. The first-order valence-corrected chi connectivity index (χ1v) is 7.46. The molecule has 0 aliphatic heterocycles. The van der Waals surface area contributed by atoms with Crippen LogP contribution in [-0.4, -0.2) is 18.6 Å². The summed E-state index contributed by atoms with van der Waals surface area (Å²) in [6.07, 6.45) is 2.93. The zero-order valence-corrected chi connectivity index (χ0v) is 13.3. The number of benzene rings is 1. The van der Waals surface area contributed by atoms with Crippen LogP contribution in [0.1, 0.15) is 41.8 Å². The Morgan fingerprint density at radius 2 is 2.05 bits per heavy atom. The van der Waals surface area contributed by atoms with E-state index >= 15 is 0 Å². The maximum atomic E-state index is 5.55. The highest BCUT2D eigenvalue weighted by Crippen LogP contribution is 2.31. The minimum atomic E-state index is 0.0565. The van der Waals surface area contributed by atoms with Crippen LogP contribution in [0.5, 0.6) is 5.75 Å². The molecule has 3 nitrogen and oxygen atoms in total. The van der Waals surface area contributed by atoms with E-state index in [1.54, 1.807) is 7.11 Å². The molecule has 3 heteroatoms. The molecule has 0 radical (unpaired) electrons. The van der Waals surface area contributed by atoms with Crippen molar-refractivity contribution < 1.29 is 4.74 Å². The molecule has 0 amide bonds. The zero-order chi connectivity index (χ0) is 15.2. The van der Waals surface area contributed by atoms with Gasteiger partial charge in [-0.3, -0.25) is 4.98 Å². The number of ether oxygens (including phenoxy) is 1. The highest BCUT2D eigenvalue weighted by molar-refractivity contribution is 5.43. The van der Waals surface area contributed by atoms with Gasteiger partial charge in [-0.2, -0.15) is 0 Å². The first-order valence-electron chi connectivity index (χ1n) is 7.46. The van der Waals surface area contributed by atoms with Gasteiger partial charge in [0.15, 0.2) is 0 Å². The molecular weight excluding hydrogens is 260 g/mol. The summed E-state index contributed by atoms with van der Waals surface area (Å²) >= 11 is 0. The number of aromatic nitrogens is 1. The van der Waals surface area contributed by atoms with Gasteiger partial charge in [-0.15, -0.1) is 0 Å². The fourth-order valence-electron chi connectivity index (χ4n) is 2.52. The SMILES string of the molecule is CCCNC(c1cc(C)ccc1OC)c1ncccc1C. The van der Waals surface area contributed by atoms with E-state index in [2.05, 4.69) is 49.3 Å². The van der Waals surface area contributed by atoms with E-state index in [-0.39, 0.29) is 6.04 Å². The van der Waals surface area contributed by atoms with Crippen LogP contribution >= 0.6 is 0 Å². The molecule has 0 aliphatic rings. The molecule has 0 aliphatic carbocycles. The van der Waals surface area contributed by atoms with Crippen LogP contribution in [0.3, 0.4) is 0 Å². The minimum Gasteiger partial charge on any atom is -0.496 e. The Morgan fingerprint density at radius 1 is 1.24 bits per heavy atom. The quantitative estimate of drug-likeness (QED) is 0.876. The highest BCUT2D eigenvalue weighted by atomic mass is 16.5. The fourth-order valence-corrected chi connectivity index (χ4v) is 2.52. The molecule has 0 saturated carbocycles. The standard InChI is InChI=1S/C18H24N2O/c1-5-10-19-18(17-14(3)7-6-11-20-17)15-12-13(2)8-9-16(15)21-4/h6-9,11-12,18-19H,5,10H2,1-4H3. The van der Waals surface area contributed by atoms with Crippen molar-refractivity contribution in [2.24, 2.45) is 0 Å². The summed E-state index contributed by atoms with van der Waals surface area (Å²) in [7, 11) is 1.72. The third-order valence-electron chi connectivity index (χ3n) is 3.62. The Hall–Kier alpha value is -1.87. The van der Waals surface area contributed by atoms with Gasteiger partial charge in [0.05, 0.1) is 18.8 Å². The lowest BCUT2D eigenvalue weighted by Gasteiger charge is -2.22. The smallest absolute Gasteiger partial charge is 0.124 e. The predicted octanol–water partition coefficient (Wildman–Crippen LogP) is 3.80. The highest BCUT2D eigenvalue weighted by Gasteiger charge is 2.20. The molecule has 112 valence electrons.